The van der Waals surface area contributed by atoms with E-state index in [2.05, 4.69) is 25.8 Å². The van der Waals surface area contributed by atoms with Crippen molar-refractivity contribution >= 4 is 5.91 Å². The van der Waals surface area contributed by atoms with Crippen LogP contribution in [0.3, 0.4) is 0 Å². The first-order chi connectivity index (χ1) is 12.5. The molecule has 5 nitrogen and oxygen atoms in total. The van der Waals surface area contributed by atoms with Crippen molar-refractivity contribution in [2.75, 3.05) is 40.4 Å². The van der Waals surface area contributed by atoms with Crippen LogP contribution in [0, 0.1) is 11.8 Å². The van der Waals surface area contributed by atoms with Crippen molar-refractivity contribution in [1.82, 2.24) is 9.80 Å². The number of rotatable bonds is 9. The van der Waals surface area contributed by atoms with E-state index in [0.29, 0.717) is 17.4 Å². The number of aliphatic hydroxyl groups is 1. The number of hydrogen-bond donors (Lipinski definition) is 1. The lowest BCUT2D eigenvalue weighted by Gasteiger charge is -2.30. The summed E-state index contributed by atoms with van der Waals surface area (Å²) in [6.07, 6.45) is 3.38. The predicted molar refractivity (Wildman–Crippen MR) is 105 cm³/mol. The zero-order valence-electron chi connectivity index (χ0n) is 16.6. The Hall–Kier alpha value is -1.59. The molecular formula is C21H34N2O3. The third-order valence-corrected chi connectivity index (χ3v) is 5.66. The van der Waals surface area contributed by atoms with Crippen molar-refractivity contribution in [3.05, 3.63) is 29.8 Å². The minimum absolute atomic E-state index is 0.00358. The number of aliphatic hydroxyl groups excluding tert-OH is 1. The van der Waals surface area contributed by atoms with Crippen LogP contribution in [-0.4, -0.2) is 67.3 Å². The number of ether oxygens (including phenoxy) is 1. The number of likely N-dealkylation sites (tertiary alicyclic amines) is 1. The fourth-order valence-electron chi connectivity index (χ4n) is 4.02. The van der Waals surface area contributed by atoms with Gasteiger partial charge in [0.25, 0.3) is 5.91 Å². The number of methoxy groups -OCH3 is 1. The zero-order chi connectivity index (χ0) is 19.1. The Morgan fingerprint density at radius 2 is 2.00 bits per heavy atom. The van der Waals surface area contributed by atoms with Crippen molar-refractivity contribution in [1.29, 1.82) is 0 Å². The molecule has 0 bridgehead atoms. The molecule has 1 aromatic rings. The minimum atomic E-state index is -0.112. The molecule has 1 fully saturated rings. The topological polar surface area (TPSA) is 53.0 Å². The number of amides is 1. The van der Waals surface area contributed by atoms with Crippen molar-refractivity contribution in [2.24, 2.45) is 11.8 Å². The number of carbonyl (C=O) groups is 1. The molecule has 5 heteroatoms. The third-order valence-electron chi connectivity index (χ3n) is 5.66. The molecule has 0 radical (unpaired) electrons. The van der Waals surface area contributed by atoms with Gasteiger partial charge in [0.1, 0.15) is 5.75 Å². The highest BCUT2D eigenvalue weighted by Gasteiger charge is 2.43. The lowest BCUT2D eigenvalue weighted by Crippen LogP contribution is -2.43. The summed E-state index contributed by atoms with van der Waals surface area (Å²) in [4.78, 5) is 17.3. The SMILES string of the molecule is CCCCN(C)C[C@@H]1[C@H](CC)CN(C(=O)c2ccc(OC)cc2)[C@@H]1CO. The van der Waals surface area contributed by atoms with Crippen LogP contribution in [-0.2, 0) is 0 Å². The summed E-state index contributed by atoms with van der Waals surface area (Å²) in [5, 5.41) is 10.1. The Labute approximate surface area is 157 Å². The van der Waals surface area contributed by atoms with Crippen LogP contribution in [0.5, 0.6) is 5.75 Å². The molecule has 0 aromatic heterocycles. The van der Waals surface area contributed by atoms with Gasteiger partial charge in [-0.1, -0.05) is 26.7 Å². The highest BCUT2D eigenvalue weighted by Crippen LogP contribution is 2.34. The van der Waals surface area contributed by atoms with Gasteiger partial charge in [0, 0.05) is 18.7 Å². The molecular weight excluding hydrogens is 328 g/mol. The summed E-state index contributed by atoms with van der Waals surface area (Å²) in [7, 11) is 3.76. The predicted octanol–water partition coefficient (Wildman–Crippen LogP) is 2.89. The maximum atomic E-state index is 13.0. The van der Waals surface area contributed by atoms with E-state index in [1.807, 2.05) is 17.0 Å². The average molecular weight is 363 g/mol. The summed E-state index contributed by atoms with van der Waals surface area (Å²) in [5.41, 5.74) is 0.652. The fourth-order valence-corrected chi connectivity index (χ4v) is 4.02. The Bertz CT molecular complexity index is 561. The van der Waals surface area contributed by atoms with Gasteiger partial charge in [-0.3, -0.25) is 4.79 Å². The molecule has 2 rings (SSSR count). The number of hydrogen-bond acceptors (Lipinski definition) is 4. The van der Waals surface area contributed by atoms with Crippen molar-refractivity contribution in [2.45, 2.75) is 39.2 Å². The molecule has 0 spiro atoms. The second-order valence-corrected chi connectivity index (χ2v) is 7.38. The van der Waals surface area contributed by atoms with Gasteiger partial charge in [0.05, 0.1) is 19.8 Å². The molecule has 0 unspecified atom stereocenters. The molecule has 1 amide bonds. The Morgan fingerprint density at radius 3 is 2.54 bits per heavy atom. The molecule has 0 aliphatic carbocycles. The smallest absolute Gasteiger partial charge is 0.254 e. The van der Waals surface area contributed by atoms with E-state index in [4.69, 9.17) is 4.74 Å². The molecule has 1 saturated heterocycles. The quantitative estimate of drug-likeness (QED) is 0.734. The molecule has 3 atom stereocenters. The van der Waals surface area contributed by atoms with Crippen LogP contribution in [0.15, 0.2) is 24.3 Å². The maximum absolute atomic E-state index is 13.0. The summed E-state index contributed by atoms with van der Waals surface area (Å²) in [5.74, 6) is 1.49. The molecule has 26 heavy (non-hydrogen) atoms. The van der Waals surface area contributed by atoms with Gasteiger partial charge in [0.15, 0.2) is 0 Å². The molecule has 1 heterocycles. The van der Waals surface area contributed by atoms with Crippen LogP contribution in [0.4, 0.5) is 0 Å². The summed E-state index contributed by atoms with van der Waals surface area (Å²) >= 11 is 0. The minimum Gasteiger partial charge on any atom is -0.497 e. The van der Waals surface area contributed by atoms with E-state index < -0.39 is 0 Å². The third kappa shape index (κ3) is 4.77. The van der Waals surface area contributed by atoms with Crippen molar-refractivity contribution < 1.29 is 14.6 Å². The van der Waals surface area contributed by atoms with E-state index in [1.54, 1.807) is 19.2 Å². The van der Waals surface area contributed by atoms with Crippen LogP contribution in [0.1, 0.15) is 43.5 Å². The second kappa shape index (κ2) is 9.93. The van der Waals surface area contributed by atoms with Gasteiger partial charge in [0.2, 0.25) is 0 Å². The van der Waals surface area contributed by atoms with E-state index in [-0.39, 0.29) is 18.6 Å². The lowest BCUT2D eigenvalue weighted by molar-refractivity contribution is 0.0623. The Balaban J connectivity index is 2.13. The fraction of sp³-hybridized carbons (Fsp3) is 0.667. The lowest BCUT2D eigenvalue weighted by atomic mass is 9.88. The summed E-state index contributed by atoms with van der Waals surface area (Å²) < 4.78 is 5.17. The van der Waals surface area contributed by atoms with Crippen LogP contribution >= 0.6 is 0 Å². The summed E-state index contributed by atoms with van der Waals surface area (Å²) in [6, 6.07) is 7.11. The number of unbranched alkanes of at least 4 members (excludes halogenated alkanes) is 1. The monoisotopic (exact) mass is 362 g/mol. The maximum Gasteiger partial charge on any atom is 0.254 e. The number of benzene rings is 1. The van der Waals surface area contributed by atoms with Crippen LogP contribution in [0.2, 0.25) is 0 Å². The first-order valence-electron chi connectivity index (χ1n) is 9.80. The average Bonchev–Trinajstić information content (AvgIpc) is 3.03. The first-order valence-corrected chi connectivity index (χ1v) is 9.80. The molecule has 1 N–H and O–H groups in total. The van der Waals surface area contributed by atoms with Crippen LogP contribution in [0.25, 0.3) is 0 Å². The van der Waals surface area contributed by atoms with Gasteiger partial charge < -0.3 is 19.6 Å². The van der Waals surface area contributed by atoms with Gasteiger partial charge in [-0.05, 0) is 56.1 Å². The number of nitrogens with zero attached hydrogens (tertiary/aromatic N) is 2. The Kier molecular flexibility index (Phi) is 7.91. The normalized spacial score (nSPS) is 22.8. The van der Waals surface area contributed by atoms with E-state index in [1.165, 1.54) is 12.8 Å². The summed E-state index contributed by atoms with van der Waals surface area (Å²) in [6.45, 7) is 7.11. The molecule has 0 saturated carbocycles. The van der Waals surface area contributed by atoms with Crippen molar-refractivity contribution in [3.63, 3.8) is 0 Å². The van der Waals surface area contributed by atoms with Gasteiger partial charge >= 0.3 is 0 Å². The van der Waals surface area contributed by atoms with Gasteiger partial charge in [-0.15, -0.1) is 0 Å². The van der Waals surface area contributed by atoms with Crippen LogP contribution < -0.4 is 4.74 Å². The highest BCUT2D eigenvalue weighted by molar-refractivity contribution is 5.94. The molecule has 1 aromatic carbocycles. The van der Waals surface area contributed by atoms with Gasteiger partial charge in [-0.25, -0.2) is 0 Å². The molecule has 146 valence electrons. The second-order valence-electron chi connectivity index (χ2n) is 7.38. The molecule has 1 aliphatic heterocycles. The van der Waals surface area contributed by atoms with E-state index in [9.17, 15) is 9.90 Å². The van der Waals surface area contributed by atoms with Crippen molar-refractivity contribution in [3.8, 4) is 5.75 Å². The Morgan fingerprint density at radius 1 is 1.31 bits per heavy atom. The zero-order valence-corrected chi connectivity index (χ0v) is 16.6. The first kappa shape index (κ1) is 20.7. The van der Waals surface area contributed by atoms with E-state index >= 15 is 0 Å². The number of carbonyl (C=O) groups excluding carboxylic acids is 1. The highest BCUT2D eigenvalue weighted by atomic mass is 16.5. The van der Waals surface area contributed by atoms with Gasteiger partial charge in [-0.2, -0.15) is 0 Å². The standard InChI is InChI=1S/C21H34N2O3/c1-5-7-12-22(3)14-19-16(6-2)13-23(20(19)15-24)21(25)17-8-10-18(26-4)11-9-17/h8-11,16,19-20,24H,5-7,12-15H2,1-4H3/t16-,19-,20-/m1/s1. The molecule has 1 aliphatic rings. The largest absolute Gasteiger partial charge is 0.497 e. The van der Waals surface area contributed by atoms with E-state index in [0.717, 1.165) is 31.8 Å².